The molecule has 2 aromatic heterocycles. The molecule has 6 nitrogen and oxygen atoms in total. The number of aryl methyl sites for hydroxylation is 1. The van der Waals surface area contributed by atoms with E-state index in [1.807, 2.05) is 10.9 Å². The van der Waals surface area contributed by atoms with Crippen LogP contribution in [0.2, 0.25) is 0 Å². The number of hydrogen-bond acceptors (Lipinski definition) is 5. The van der Waals surface area contributed by atoms with Gasteiger partial charge in [0, 0.05) is 25.0 Å². The maximum atomic E-state index is 5.18. The minimum absolute atomic E-state index is 0.390. The second kappa shape index (κ2) is 5.48. The highest BCUT2D eigenvalue weighted by molar-refractivity contribution is 5.35. The molecule has 1 saturated heterocycles. The summed E-state index contributed by atoms with van der Waals surface area (Å²) in [5.74, 6) is 1.35. The first-order valence-corrected chi connectivity index (χ1v) is 6.89. The van der Waals surface area contributed by atoms with Crippen molar-refractivity contribution in [3.05, 3.63) is 30.2 Å². The van der Waals surface area contributed by atoms with Crippen LogP contribution in [-0.4, -0.2) is 39.4 Å². The zero-order valence-corrected chi connectivity index (χ0v) is 11.9. The average Bonchev–Trinajstić information content (AvgIpc) is 3.08. The lowest BCUT2D eigenvalue weighted by molar-refractivity contribution is 0.396. The molecule has 1 atom stereocenters. The molecule has 20 heavy (non-hydrogen) atoms. The molecule has 0 amide bonds. The van der Waals surface area contributed by atoms with Gasteiger partial charge in [-0.25, -0.2) is 4.98 Å². The van der Waals surface area contributed by atoms with Gasteiger partial charge in [0.1, 0.15) is 0 Å². The second-order valence-corrected chi connectivity index (χ2v) is 5.13. The Hall–Kier alpha value is -2.11. The summed E-state index contributed by atoms with van der Waals surface area (Å²) in [5, 5.41) is 4.37. The van der Waals surface area contributed by atoms with E-state index in [-0.39, 0.29) is 0 Å². The fourth-order valence-corrected chi connectivity index (χ4v) is 2.66. The Morgan fingerprint density at radius 1 is 1.45 bits per heavy atom. The van der Waals surface area contributed by atoms with Gasteiger partial charge in [-0.05, 0) is 25.3 Å². The first-order valence-electron chi connectivity index (χ1n) is 6.89. The van der Waals surface area contributed by atoms with E-state index >= 15 is 0 Å². The van der Waals surface area contributed by atoms with Gasteiger partial charge in [-0.2, -0.15) is 10.1 Å². The van der Waals surface area contributed by atoms with Crippen LogP contribution in [0.15, 0.2) is 24.7 Å². The van der Waals surface area contributed by atoms with Crippen LogP contribution in [0.25, 0.3) is 0 Å². The van der Waals surface area contributed by atoms with Gasteiger partial charge in [-0.1, -0.05) is 0 Å². The summed E-state index contributed by atoms with van der Waals surface area (Å²) in [4.78, 5) is 11.1. The Kier molecular flexibility index (Phi) is 3.54. The molecule has 1 aliphatic rings. The standard InChI is InChI=1S/C14H19N5O/c1-11-8-16-18(9-11)10-12-4-3-7-19(12)14-15-6-5-13(17-14)20-2/h5-6,8-9,12H,3-4,7,10H2,1-2H3/t12-/m0/s1. The van der Waals surface area contributed by atoms with E-state index in [4.69, 9.17) is 4.74 Å². The minimum Gasteiger partial charge on any atom is -0.481 e. The number of hydrogen-bond donors (Lipinski definition) is 0. The van der Waals surface area contributed by atoms with Crippen LogP contribution in [0.5, 0.6) is 5.88 Å². The third-order valence-corrected chi connectivity index (χ3v) is 3.62. The van der Waals surface area contributed by atoms with Crippen LogP contribution < -0.4 is 9.64 Å². The highest BCUT2D eigenvalue weighted by Crippen LogP contribution is 2.24. The number of anilines is 1. The van der Waals surface area contributed by atoms with Gasteiger partial charge in [-0.3, -0.25) is 4.68 Å². The van der Waals surface area contributed by atoms with E-state index in [9.17, 15) is 0 Å². The van der Waals surface area contributed by atoms with Gasteiger partial charge in [0.15, 0.2) is 0 Å². The summed E-state index contributed by atoms with van der Waals surface area (Å²) in [5.41, 5.74) is 1.19. The van der Waals surface area contributed by atoms with Crippen LogP contribution in [-0.2, 0) is 6.54 Å². The lowest BCUT2D eigenvalue weighted by atomic mass is 10.2. The molecule has 0 spiro atoms. The Balaban J connectivity index is 1.77. The number of rotatable bonds is 4. The Bertz CT molecular complexity index is 582. The third kappa shape index (κ3) is 2.59. The van der Waals surface area contributed by atoms with Crippen LogP contribution in [0, 0.1) is 6.92 Å². The molecule has 106 valence electrons. The van der Waals surface area contributed by atoms with Crippen molar-refractivity contribution in [2.75, 3.05) is 18.6 Å². The zero-order chi connectivity index (χ0) is 13.9. The van der Waals surface area contributed by atoms with Gasteiger partial charge in [0.25, 0.3) is 0 Å². The van der Waals surface area contributed by atoms with Crippen LogP contribution >= 0.6 is 0 Å². The number of methoxy groups -OCH3 is 1. The van der Waals surface area contributed by atoms with Gasteiger partial charge < -0.3 is 9.64 Å². The van der Waals surface area contributed by atoms with E-state index in [0.717, 1.165) is 31.9 Å². The topological polar surface area (TPSA) is 56.1 Å². The Labute approximate surface area is 118 Å². The van der Waals surface area contributed by atoms with Crippen molar-refractivity contribution in [1.82, 2.24) is 19.7 Å². The average molecular weight is 273 g/mol. The van der Waals surface area contributed by atoms with Crippen LogP contribution in [0.4, 0.5) is 5.95 Å². The molecule has 0 bridgehead atoms. The molecule has 0 unspecified atom stereocenters. The van der Waals surface area contributed by atoms with Gasteiger partial charge >= 0.3 is 0 Å². The van der Waals surface area contributed by atoms with Crippen molar-refractivity contribution in [2.24, 2.45) is 0 Å². The van der Waals surface area contributed by atoms with Crippen LogP contribution in [0.3, 0.4) is 0 Å². The zero-order valence-electron chi connectivity index (χ0n) is 11.9. The Morgan fingerprint density at radius 2 is 2.35 bits per heavy atom. The highest BCUT2D eigenvalue weighted by atomic mass is 16.5. The second-order valence-electron chi connectivity index (χ2n) is 5.13. The molecule has 0 aromatic carbocycles. The molecule has 3 heterocycles. The fourth-order valence-electron chi connectivity index (χ4n) is 2.66. The van der Waals surface area contributed by atoms with E-state index in [2.05, 4.69) is 33.1 Å². The Morgan fingerprint density at radius 3 is 3.10 bits per heavy atom. The maximum absolute atomic E-state index is 5.18. The van der Waals surface area contributed by atoms with E-state index in [1.165, 1.54) is 5.56 Å². The largest absolute Gasteiger partial charge is 0.481 e. The predicted molar refractivity (Wildman–Crippen MR) is 75.9 cm³/mol. The molecule has 2 aromatic rings. The number of aromatic nitrogens is 4. The van der Waals surface area contributed by atoms with Crippen molar-refractivity contribution in [3.8, 4) is 5.88 Å². The predicted octanol–water partition coefficient (Wildman–Crippen LogP) is 1.66. The lowest BCUT2D eigenvalue weighted by Gasteiger charge is -2.24. The van der Waals surface area contributed by atoms with Crippen molar-refractivity contribution >= 4 is 5.95 Å². The molecule has 0 N–H and O–H groups in total. The molecular weight excluding hydrogens is 254 g/mol. The summed E-state index contributed by atoms with van der Waals surface area (Å²) < 4.78 is 7.17. The summed E-state index contributed by atoms with van der Waals surface area (Å²) >= 11 is 0. The fraction of sp³-hybridized carbons (Fsp3) is 0.500. The molecule has 0 aliphatic carbocycles. The monoisotopic (exact) mass is 273 g/mol. The van der Waals surface area contributed by atoms with Crippen molar-refractivity contribution < 1.29 is 4.74 Å². The van der Waals surface area contributed by atoms with Crippen LogP contribution in [0.1, 0.15) is 18.4 Å². The molecule has 1 aliphatic heterocycles. The third-order valence-electron chi connectivity index (χ3n) is 3.62. The molecule has 0 radical (unpaired) electrons. The maximum Gasteiger partial charge on any atom is 0.228 e. The molecule has 3 rings (SSSR count). The minimum atomic E-state index is 0.390. The summed E-state index contributed by atoms with van der Waals surface area (Å²) in [6.45, 7) is 3.91. The highest BCUT2D eigenvalue weighted by Gasteiger charge is 2.27. The SMILES string of the molecule is COc1ccnc(N2CCC[C@H]2Cn2cc(C)cn2)n1. The summed E-state index contributed by atoms with van der Waals surface area (Å²) in [6, 6.07) is 2.16. The molecule has 6 heteroatoms. The number of nitrogens with zero attached hydrogens (tertiary/aromatic N) is 5. The van der Waals surface area contributed by atoms with Gasteiger partial charge in [0.05, 0.1) is 25.9 Å². The summed E-state index contributed by atoms with van der Waals surface area (Å²) in [6.07, 6.45) is 8.00. The quantitative estimate of drug-likeness (QED) is 0.848. The first kappa shape index (κ1) is 12.9. The van der Waals surface area contributed by atoms with E-state index in [1.54, 1.807) is 19.4 Å². The first-order chi connectivity index (χ1) is 9.76. The smallest absolute Gasteiger partial charge is 0.228 e. The normalized spacial score (nSPS) is 18.5. The van der Waals surface area contributed by atoms with Crippen molar-refractivity contribution in [2.45, 2.75) is 32.4 Å². The van der Waals surface area contributed by atoms with Crippen molar-refractivity contribution in [1.29, 1.82) is 0 Å². The van der Waals surface area contributed by atoms with Gasteiger partial charge in [-0.15, -0.1) is 0 Å². The molecule has 0 saturated carbocycles. The lowest BCUT2D eigenvalue weighted by Crippen LogP contribution is -2.34. The van der Waals surface area contributed by atoms with E-state index in [0.29, 0.717) is 11.9 Å². The summed E-state index contributed by atoms with van der Waals surface area (Å²) in [7, 11) is 1.63. The van der Waals surface area contributed by atoms with Crippen molar-refractivity contribution in [3.63, 3.8) is 0 Å². The molecule has 1 fully saturated rings. The van der Waals surface area contributed by atoms with E-state index < -0.39 is 0 Å². The number of ether oxygens (including phenoxy) is 1. The van der Waals surface area contributed by atoms with Gasteiger partial charge in [0.2, 0.25) is 11.8 Å². The molecular formula is C14H19N5O.